The summed E-state index contributed by atoms with van der Waals surface area (Å²) in [5, 5.41) is 10.0. The van der Waals surface area contributed by atoms with Crippen LogP contribution in [0.5, 0.6) is 0 Å². The lowest BCUT2D eigenvalue weighted by atomic mass is 10.0. The van der Waals surface area contributed by atoms with Gasteiger partial charge in [0.2, 0.25) is 0 Å². The maximum Gasteiger partial charge on any atom is 0.135 e. The van der Waals surface area contributed by atoms with Gasteiger partial charge < -0.3 is 5.11 Å². The number of thiophene rings is 1. The van der Waals surface area contributed by atoms with Gasteiger partial charge in [-0.25, -0.2) is 13.2 Å². The Bertz CT molecular complexity index is 569. The van der Waals surface area contributed by atoms with Crippen molar-refractivity contribution >= 4 is 11.3 Å². The lowest BCUT2D eigenvalue weighted by molar-refractivity contribution is 0.208. The Morgan fingerprint density at radius 2 is 1.61 bits per heavy atom. The van der Waals surface area contributed by atoms with Gasteiger partial charge in [-0.05, 0) is 25.5 Å². The molecule has 0 aliphatic rings. The fourth-order valence-corrected chi connectivity index (χ4v) is 2.85. The van der Waals surface area contributed by atoms with E-state index >= 15 is 0 Å². The van der Waals surface area contributed by atoms with Gasteiger partial charge in [-0.3, -0.25) is 0 Å². The summed E-state index contributed by atoms with van der Waals surface area (Å²) < 4.78 is 39.9. The Kier molecular flexibility index (Phi) is 3.45. The third-order valence-electron chi connectivity index (χ3n) is 2.69. The van der Waals surface area contributed by atoms with Crippen LogP contribution in [-0.2, 0) is 0 Å². The fourth-order valence-electron chi connectivity index (χ4n) is 1.89. The summed E-state index contributed by atoms with van der Waals surface area (Å²) in [5.74, 6) is -3.16. The number of hydrogen-bond donors (Lipinski definition) is 1. The van der Waals surface area contributed by atoms with Crippen LogP contribution in [-0.4, -0.2) is 5.11 Å². The zero-order valence-corrected chi connectivity index (χ0v) is 10.6. The average molecular weight is 272 g/mol. The molecule has 1 nitrogen and oxygen atoms in total. The molecule has 96 valence electrons. The molecule has 0 saturated carbocycles. The highest BCUT2D eigenvalue weighted by Gasteiger charge is 2.23. The molecule has 1 atom stereocenters. The minimum Gasteiger partial charge on any atom is -0.383 e. The van der Waals surface area contributed by atoms with Crippen LogP contribution in [0.1, 0.15) is 27.0 Å². The Morgan fingerprint density at radius 1 is 1.06 bits per heavy atom. The molecule has 2 rings (SSSR count). The van der Waals surface area contributed by atoms with Gasteiger partial charge in [-0.2, -0.15) is 0 Å². The number of hydrogen-bond acceptors (Lipinski definition) is 2. The number of aryl methyl sites for hydroxylation is 2. The summed E-state index contributed by atoms with van der Waals surface area (Å²) in [5.41, 5.74) is -0.0702. The Hall–Kier alpha value is -1.33. The van der Waals surface area contributed by atoms with E-state index in [9.17, 15) is 18.3 Å². The predicted molar refractivity (Wildman–Crippen MR) is 64.2 cm³/mol. The van der Waals surface area contributed by atoms with Gasteiger partial charge in [0, 0.05) is 21.9 Å². The third kappa shape index (κ3) is 2.28. The summed E-state index contributed by atoms with van der Waals surface area (Å²) in [6, 6.07) is 2.80. The molecule has 0 radical (unpaired) electrons. The first kappa shape index (κ1) is 13.1. The highest BCUT2D eigenvalue weighted by Crippen LogP contribution is 2.33. The quantitative estimate of drug-likeness (QED) is 0.880. The van der Waals surface area contributed by atoms with Crippen LogP contribution in [0, 0.1) is 31.3 Å². The van der Waals surface area contributed by atoms with E-state index in [0.29, 0.717) is 17.7 Å². The molecular weight excluding hydrogens is 261 g/mol. The third-order valence-corrected chi connectivity index (χ3v) is 3.67. The molecule has 5 heteroatoms. The monoisotopic (exact) mass is 272 g/mol. The van der Waals surface area contributed by atoms with Crippen LogP contribution < -0.4 is 0 Å². The number of aliphatic hydroxyl groups excluding tert-OH is 1. The van der Waals surface area contributed by atoms with E-state index in [1.165, 1.54) is 11.3 Å². The molecule has 0 saturated heterocycles. The highest BCUT2D eigenvalue weighted by atomic mass is 32.1. The number of benzene rings is 1. The van der Waals surface area contributed by atoms with Crippen LogP contribution in [0.25, 0.3) is 0 Å². The lowest BCUT2D eigenvalue weighted by Gasteiger charge is -2.13. The molecule has 0 amide bonds. The Labute approximate surface area is 107 Å². The Balaban J connectivity index is 2.52. The standard InChI is InChI=1S/C13H11F3OS/c1-6-3-9(7(2)18-6)13(17)12-10(15)4-8(14)5-11(12)16/h3-5,13,17H,1-2H3. The van der Waals surface area contributed by atoms with Crippen molar-refractivity contribution in [3.8, 4) is 0 Å². The van der Waals surface area contributed by atoms with Crippen LogP contribution in [0.15, 0.2) is 18.2 Å². The molecule has 2 aromatic rings. The van der Waals surface area contributed by atoms with Crippen LogP contribution in [0.2, 0.25) is 0 Å². The summed E-state index contributed by atoms with van der Waals surface area (Å²) in [7, 11) is 0. The molecule has 0 bridgehead atoms. The van der Waals surface area contributed by atoms with E-state index in [-0.39, 0.29) is 0 Å². The largest absolute Gasteiger partial charge is 0.383 e. The van der Waals surface area contributed by atoms with Crippen molar-refractivity contribution in [3.05, 3.63) is 56.5 Å². The van der Waals surface area contributed by atoms with Crippen LogP contribution >= 0.6 is 11.3 Å². The topological polar surface area (TPSA) is 20.2 Å². The fraction of sp³-hybridized carbons (Fsp3) is 0.231. The van der Waals surface area contributed by atoms with E-state index in [0.717, 1.165) is 9.75 Å². The van der Waals surface area contributed by atoms with Gasteiger partial charge in [0.25, 0.3) is 0 Å². The van der Waals surface area contributed by atoms with E-state index in [2.05, 4.69) is 0 Å². The van der Waals surface area contributed by atoms with E-state index < -0.39 is 29.1 Å². The van der Waals surface area contributed by atoms with E-state index in [1.807, 2.05) is 6.92 Å². The molecule has 0 spiro atoms. The number of rotatable bonds is 2. The predicted octanol–water partition coefficient (Wildman–Crippen LogP) is 3.86. The first-order chi connectivity index (χ1) is 8.40. The summed E-state index contributed by atoms with van der Waals surface area (Å²) in [6.45, 7) is 3.60. The van der Waals surface area contributed by atoms with Crippen molar-refractivity contribution in [2.45, 2.75) is 20.0 Å². The maximum atomic E-state index is 13.5. The lowest BCUT2D eigenvalue weighted by Crippen LogP contribution is -2.06. The van der Waals surface area contributed by atoms with Gasteiger partial charge >= 0.3 is 0 Å². The minimum absolute atomic E-state index is 0.446. The normalized spacial score (nSPS) is 12.8. The molecule has 18 heavy (non-hydrogen) atoms. The van der Waals surface area contributed by atoms with Crippen LogP contribution in [0.4, 0.5) is 13.2 Å². The van der Waals surface area contributed by atoms with E-state index in [1.54, 1.807) is 13.0 Å². The van der Waals surface area contributed by atoms with Gasteiger partial charge in [0.1, 0.15) is 23.6 Å². The van der Waals surface area contributed by atoms with Crippen molar-refractivity contribution in [3.63, 3.8) is 0 Å². The molecule has 0 aliphatic heterocycles. The zero-order chi connectivity index (χ0) is 13.4. The minimum atomic E-state index is -1.42. The zero-order valence-electron chi connectivity index (χ0n) is 9.80. The average Bonchev–Trinajstić information content (AvgIpc) is 2.56. The first-order valence-corrected chi connectivity index (χ1v) is 6.11. The number of aliphatic hydroxyl groups is 1. The van der Waals surface area contributed by atoms with Crippen LogP contribution in [0.3, 0.4) is 0 Å². The van der Waals surface area contributed by atoms with Crippen molar-refractivity contribution in [1.29, 1.82) is 0 Å². The second-order valence-electron chi connectivity index (χ2n) is 4.05. The second kappa shape index (κ2) is 4.74. The SMILES string of the molecule is Cc1cc(C(O)c2c(F)cc(F)cc2F)c(C)s1. The van der Waals surface area contributed by atoms with Crippen molar-refractivity contribution < 1.29 is 18.3 Å². The van der Waals surface area contributed by atoms with Gasteiger partial charge in [0.15, 0.2) is 0 Å². The van der Waals surface area contributed by atoms with Gasteiger partial charge in [-0.1, -0.05) is 0 Å². The van der Waals surface area contributed by atoms with Crippen molar-refractivity contribution in [2.24, 2.45) is 0 Å². The molecular formula is C13H11F3OS. The molecule has 0 aliphatic carbocycles. The van der Waals surface area contributed by atoms with Crippen molar-refractivity contribution in [2.75, 3.05) is 0 Å². The van der Waals surface area contributed by atoms with Gasteiger partial charge in [0.05, 0.1) is 5.56 Å². The Morgan fingerprint density at radius 3 is 2.06 bits per heavy atom. The molecule has 0 fully saturated rings. The van der Waals surface area contributed by atoms with E-state index in [4.69, 9.17) is 0 Å². The second-order valence-corrected chi connectivity index (χ2v) is 5.51. The molecule has 1 unspecified atom stereocenters. The highest BCUT2D eigenvalue weighted by molar-refractivity contribution is 7.12. The number of halogens is 3. The first-order valence-electron chi connectivity index (χ1n) is 5.29. The molecule has 1 aromatic heterocycles. The van der Waals surface area contributed by atoms with Gasteiger partial charge in [-0.15, -0.1) is 11.3 Å². The summed E-state index contributed by atoms with van der Waals surface area (Å²) in [4.78, 5) is 1.72. The summed E-state index contributed by atoms with van der Waals surface area (Å²) in [6.07, 6.45) is -1.42. The van der Waals surface area contributed by atoms with Crippen molar-refractivity contribution in [1.82, 2.24) is 0 Å². The maximum absolute atomic E-state index is 13.5. The smallest absolute Gasteiger partial charge is 0.135 e. The molecule has 1 heterocycles. The molecule has 1 N–H and O–H groups in total. The summed E-state index contributed by atoms with van der Waals surface area (Å²) >= 11 is 1.43. The molecule has 1 aromatic carbocycles.